The third-order valence-corrected chi connectivity index (χ3v) is 3.71. The predicted octanol–water partition coefficient (Wildman–Crippen LogP) is 1.78. The number of benzene rings is 1. The van der Waals surface area contributed by atoms with Gasteiger partial charge in [-0.1, -0.05) is 19.1 Å². The number of hydrogen-bond donors (Lipinski definition) is 3. The second-order valence-electron chi connectivity index (χ2n) is 5.22. The van der Waals surface area contributed by atoms with Gasteiger partial charge in [0.1, 0.15) is 17.0 Å². The van der Waals surface area contributed by atoms with Crippen LogP contribution in [-0.4, -0.2) is 25.8 Å². The monoisotopic (exact) mass is 312 g/mol. The Morgan fingerprint density at radius 1 is 1.43 bits per heavy atom. The molecule has 2 heterocycles. The van der Waals surface area contributed by atoms with Crippen molar-refractivity contribution in [2.45, 2.75) is 13.3 Å². The van der Waals surface area contributed by atoms with Crippen molar-refractivity contribution in [1.29, 1.82) is 0 Å². The standard InChI is InChI=1S/C16H16N4O3/c1-3-9-5-4-6-10(7-9)18-15(22)12-13(21)11-8-17-20(2)14(11)19-16(12)23/h4-8H,3H2,1-2H3,(H,18,22)(H2,19,21,23). The molecule has 1 aromatic carbocycles. The molecule has 0 saturated heterocycles. The van der Waals surface area contributed by atoms with Crippen molar-refractivity contribution in [1.82, 2.24) is 14.8 Å². The molecule has 3 N–H and O–H groups in total. The first-order chi connectivity index (χ1) is 11.0. The lowest BCUT2D eigenvalue weighted by Gasteiger charge is -2.08. The number of anilines is 1. The maximum Gasteiger partial charge on any atom is 0.266 e. The Kier molecular flexibility index (Phi) is 3.61. The van der Waals surface area contributed by atoms with Gasteiger partial charge in [0.15, 0.2) is 0 Å². The first-order valence-electron chi connectivity index (χ1n) is 7.18. The highest BCUT2D eigenvalue weighted by Crippen LogP contribution is 2.24. The number of carbonyl (C=O) groups is 1. The number of H-pyrrole nitrogens is 1. The second-order valence-corrected chi connectivity index (χ2v) is 5.22. The topological polar surface area (TPSA) is 100 Å². The molecule has 7 heteroatoms. The largest absolute Gasteiger partial charge is 0.506 e. The molecule has 118 valence electrons. The van der Waals surface area contributed by atoms with Crippen LogP contribution in [0.3, 0.4) is 0 Å². The number of nitrogens with zero attached hydrogens (tertiary/aromatic N) is 2. The van der Waals surface area contributed by atoms with Crippen LogP contribution in [-0.2, 0) is 13.5 Å². The number of aromatic nitrogens is 3. The third-order valence-electron chi connectivity index (χ3n) is 3.71. The van der Waals surface area contributed by atoms with Crippen LogP contribution in [0.25, 0.3) is 11.0 Å². The van der Waals surface area contributed by atoms with Crippen molar-refractivity contribution in [3.63, 3.8) is 0 Å². The van der Waals surface area contributed by atoms with Crippen LogP contribution >= 0.6 is 0 Å². The van der Waals surface area contributed by atoms with E-state index in [4.69, 9.17) is 0 Å². The molecule has 0 spiro atoms. The summed E-state index contributed by atoms with van der Waals surface area (Å²) in [7, 11) is 1.63. The molecule has 3 aromatic rings. The minimum Gasteiger partial charge on any atom is -0.506 e. The van der Waals surface area contributed by atoms with Gasteiger partial charge < -0.3 is 15.4 Å². The van der Waals surface area contributed by atoms with Gasteiger partial charge in [0.25, 0.3) is 11.5 Å². The number of amides is 1. The van der Waals surface area contributed by atoms with Gasteiger partial charge in [-0.05, 0) is 24.1 Å². The summed E-state index contributed by atoms with van der Waals surface area (Å²) in [5, 5.41) is 17.2. The Morgan fingerprint density at radius 2 is 2.22 bits per heavy atom. The van der Waals surface area contributed by atoms with Gasteiger partial charge in [-0.2, -0.15) is 5.10 Å². The maximum atomic E-state index is 12.4. The van der Waals surface area contributed by atoms with Gasteiger partial charge in [0.2, 0.25) is 0 Å². The summed E-state index contributed by atoms with van der Waals surface area (Å²) in [6.07, 6.45) is 2.23. The summed E-state index contributed by atoms with van der Waals surface area (Å²) < 4.78 is 1.42. The molecule has 23 heavy (non-hydrogen) atoms. The molecule has 0 radical (unpaired) electrons. The molecular formula is C16H16N4O3. The molecule has 0 aliphatic heterocycles. The summed E-state index contributed by atoms with van der Waals surface area (Å²) in [4.78, 5) is 27.1. The number of aryl methyl sites for hydroxylation is 2. The molecule has 0 bridgehead atoms. The van der Waals surface area contributed by atoms with Crippen LogP contribution in [0.4, 0.5) is 5.69 Å². The third kappa shape index (κ3) is 2.57. The molecule has 2 aromatic heterocycles. The second kappa shape index (κ2) is 5.60. The van der Waals surface area contributed by atoms with Crippen LogP contribution in [0.5, 0.6) is 5.75 Å². The first-order valence-corrected chi connectivity index (χ1v) is 7.18. The first kappa shape index (κ1) is 14.8. The highest BCUT2D eigenvalue weighted by molar-refractivity contribution is 6.08. The molecule has 0 atom stereocenters. The van der Waals surface area contributed by atoms with Crippen molar-refractivity contribution >= 4 is 22.6 Å². The Balaban J connectivity index is 2.02. The summed E-state index contributed by atoms with van der Waals surface area (Å²) in [6.45, 7) is 2.01. The number of fused-ring (bicyclic) bond motifs is 1. The van der Waals surface area contributed by atoms with Crippen LogP contribution < -0.4 is 10.9 Å². The normalized spacial score (nSPS) is 10.9. The molecule has 7 nitrogen and oxygen atoms in total. The maximum absolute atomic E-state index is 12.4. The van der Waals surface area contributed by atoms with Crippen molar-refractivity contribution in [2.75, 3.05) is 5.32 Å². The lowest BCUT2D eigenvalue weighted by Crippen LogP contribution is -2.23. The van der Waals surface area contributed by atoms with Crippen molar-refractivity contribution in [3.05, 3.63) is 51.9 Å². The van der Waals surface area contributed by atoms with E-state index < -0.39 is 11.5 Å². The van der Waals surface area contributed by atoms with Crippen LogP contribution in [0.15, 0.2) is 35.3 Å². The van der Waals surface area contributed by atoms with E-state index in [1.165, 1.54) is 10.9 Å². The van der Waals surface area contributed by atoms with Crippen molar-refractivity contribution < 1.29 is 9.90 Å². The van der Waals surface area contributed by atoms with E-state index in [0.717, 1.165) is 12.0 Å². The molecule has 1 amide bonds. The number of hydrogen-bond acceptors (Lipinski definition) is 4. The highest BCUT2D eigenvalue weighted by atomic mass is 16.3. The zero-order valence-electron chi connectivity index (χ0n) is 12.8. The Bertz CT molecular complexity index is 956. The molecule has 3 rings (SSSR count). The van der Waals surface area contributed by atoms with Crippen LogP contribution in [0.2, 0.25) is 0 Å². The van der Waals surface area contributed by atoms with Gasteiger partial charge in [-0.3, -0.25) is 14.3 Å². The van der Waals surface area contributed by atoms with E-state index in [1.54, 1.807) is 13.1 Å². The van der Waals surface area contributed by atoms with Gasteiger partial charge in [0, 0.05) is 12.7 Å². The number of aromatic amines is 1. The average molecular weight is 312 g/mol. The van der Waals surface area contributed by atoms with Gasteiger partial charge in [-0.25, -0.2) is 0 Å². The van der Waals surface area contributed by atoms with E-state index in [-0.39, 0.29) is 11.3 Å². The number of aromatic hydroxyl groups is 1. The average Bonchev–Trinajstić information content (AvgIpc) is 2.89. The number of pyridine rings is 1. The van der Waals surface area contributed by atoms with Gasteiger partial charge in [-0.15, -0.1) is 0 Å². The molecular weight excluding hydrogens is 296 g/mol. The zero-order valence-corrected chi connectivity index (χ0v) is 12.8. The fourth-order valence-electron chi connectivity index (χ4n) is 2.44. The van der Waals surface area contributed by atoms with E-state index >= 15 is 0 Å². The summed E-state index contributed by atoms with van der Waals surface area (Å²) in [5.41, 5.74) is 0.996. The lowest BCUT2D eigenvalue weighted by atomic mass is 10.1. The smallest absolute Gasteiger partial charge is 0.266 e. The van der Waals surface area contributed by atoms with Gasteiger partial charge in [0.05, 0.1) is 11.6 Å². The molecule has 0 fully saturated rings. The summed E-state index contributed by atoms with van der Waals surface area (Å²) in [6, 6.07) is 7.32. The van der Waals surface area contributed by atoms with E-state index in [2.05, 4.69) is 15.4 Å². The number of nitrogens with one attached hydrogen (secondary N) is 2. The zero-order chi connectivity index (χ0) is 16.6. The van der Waals surface area contributed by atoms with Gasteiger partial charge >= 0.3 is 0 Å². The Morgan fingerprint density at radius 3 is 2.96 bits per heavy atom. The SMILES string of the molecule is CCc1cccc(NC(=O)c2c(O)c3cnn(C)c3[nH]c2=O)c1. The molecule has 0 aliphatic carbocycles. The van der Waals surface area contributed by atoms with E-state index in [9.17, 15) is 14.7 Å². The summed E-state index contributed by atoms with van der Waals surface area (Å²) >= 11 is 0. The summed E-state index contributed by atoms with van der Waals surface area (Å²) in [5.74, 6) is -1.04. The highest BCUT2D eigenvalue weighted by Gasteiger charge is 2.21. The fraction of sp³-hybridized carbons (Fsp3) is 0.188. The Hall–Kier alpha value is -3.09. The molecule has 0 saturated carbocycles. The predicted molar refractivity (Wildman–Crippen MR) is 86.8 cm³/mol. The minimum absolute atomic E-state index is 0.319. The number of carbonyl (C=O) groups excluding carboxylic acids is 1. The lowest BCUT2D eigenvalue weighted by molar-refractivity contribution is 0.102. The molecule has 0 unspecified atom stereocenters. The number of rotatable bonds is 3. The van der Waals surface area contributed by atoms with Crippen LogP contribution in [0.1, 0.15) is 22.8 Å². The Labute approximate surface area is 131 Å². The van der Waals surface area contributed by atoms with E-state index in [0.29, 0.717) is 16.7 Å². The van der Waals surface area contributed by atoms with E-state index in [1.807, 2.05) is 25.1 Å². The molecule has 0 aliphatic rings. The quantitative estimate of drug-likeness (QED) is 0.686. The van der Waals surface area contributed by atoms with Crippen LogP contribution in [0, 0.1) is 0 Å². The van der Waals surface area contributed by atoms with Crippen molar-refractivity contribution in [3.8, 4) is 5.75 Å². The fourth-order valence-corrected chi connectivity index (χ4v) is 2.44. The minimum atomic E-state index is -0.664. The van der Waals surface area contributed by atoms with Crippen molar-refractivity contribution in [2.24, 2.45) is 7.05 Å².